The number of carbonyl (C=O) groups excluding carboxylic acids is 1. The summed E-state index contributed by atoms with van der Waals surface area (Å²) in [6.07, 6.45) is 0.316. The quantitative estimate of drug-likeness (QED) is 0.504. The van der Waals surface area contributed by atoms with Crippen LogP contribution >= 0.6 is 46.7 Å². The summed E-state index contributed by atoms with van der Waals surface area (Å²) in [4.78, 5) is 22.6. The van der Waals surface area contributed by atoms with Crippen molar-refractivity contribution in [3.8, 4) is 5.75 Å². The Balaban J connectivity index is 0.00000280. The lowest BCUT2D eigenvalue weighted by atomic mass is 10.2. The van der Waals surface area contributed by atoms with Crippen molar-refractivity contribution < 1.29 is 9.53 Å². The number of nitrogens with zero attached hydrogens (tertiary/aromatic N) is 3. The summed E-state index contributed by atoms with van der Waals surface area (Å²) in [7, 11) is 5.62. The fourth-order valence-electron chi connectivity index (χ4n) is 2.70. The SMILES string of the molecule is COc1ccc(C)c2sc(N(CCN(C)C)C(=O)Cc3ccc(Cl)s3)nc12.Cl. The molecule has 0 bridgehead atoms. The number of carbonyl (C=O) groups is 1. The number of methoxy groups -OCH3 is 1. The number of hydrogen-bond acceptors (Lipinski definition) is 6. The van der Waals surface area contributed by atoms with Gasteiger partial charge in [0.25, 0.3) is 0 Å². The monoisotopic (exact) mass is 459 g/mol. The minimum atomic E-state index is 0. The van der Waals surface area contributed by atoms with Crippen molar-refractivity contribution in [1.29, 1.82) is 0 Å². The lowest BCUT2D eigenvalue weighted by molar-refractivity contribution is -0.118. The molecule has 0 aliphatic rings. The van der Waals surface area contributed by atoms with E-state index in [1.165, 1.54) is 22.7 Å². The molecule has 0 aliphatic heterocycles. The number of thiazole rings is 1. The number of halogens is 2. The first-order valence-corrected chi connectivity index (χ1v) is 10.5. The summed E-state index contributed by atoms with van der Waals surface area (Å²) in [6.45, 7) is 3.37. The third kappa shape index (κ3) is 5.15. The molecule has 0 saturated heterocycles. The molecular formula is C19H23Cl2N3O2S2. The largest absolute Gasteiger partial charge is 0.494 e. The molecule has 0 saturated carbocycles. The van der Waals surface area contributed by atoms with Crippen LogP contribution in [-0.4, -0.2) is 50.1 Å². The molecule has 2 heterocycles. The summed E-state index contributed by atoms with van der Waals surface area (Å²) in [6, 6.07) is 7.66. The van der Waals surface area contributed by atoms with E-state index in [0.717, 1.165) is 33.0 Å². The van der Waals surface area contributed by atoms with Gasteiger partial charge in [0.1, 0.15) is 11.3 Å². The van der Waals surface area contributed by atoms with Crippen LogP contribution in [-0.2, 0) is 11.2 Å². The Kier molecular flexibility index (Phi) is 8.09. The lowest BCUT2D eigenvalue weighted by Crippen LogP contribution is -2.37. The summed E-state index contributed by atoms with van der Waals surface area (Å²) in [5.41, 5.74) is 1.93. The first kappa shape index (κ1) is 22.9. The van der Waals surface area contributed by atoms with E-state index in [4.69, 9.17) is 21.3 Å². The summed E-state index contributed by atoms with van der Waals surface area (Å²) >= 11 is 8.98. The standard InChI is InChI=1S/C19H22ClN3O2S2.ClH/c1-12-5-7-14(25-4)17-18(12)27-19(21-17)23(10-9-22(2)3)16(24)11-13-6-8-15(20)26-13;/h5-8H,9-11H2,1-4H3;1H. The van der Waals surface area contributed by atoms with Crippen LogP contribution in [0.4, 0.5) is 5.13 Å². The smallest absolute Gasteiger partial charge is 0.234 e. The van der Waals surface area contributed by atoms with Gasteiger partial charge in [-0.3, -0.25) is 9.69 Å². The molecule has 28 heavy (non-hydrogen) atoms. The molecule has 0 spiro atoms. The Morgan fingerprint density at radius 1 is 1.18 bits per heavy atom. The van der Waals surface area contributed by atoms with Gasteiger partial charge in [0.05, 0.1) is 22.6 Å². The summed E-state index contributed by atoms with van der Waals surface area (Å²) in [5, 5.41) is 0.701. The maximum Gasteiger partial charge on any atom is 0.234 e. The average molecular weight is 460 g/mol. The Morgan fingerprint density at radius 3 is 2.54 bits per heavy atom. The van der Waals surface area contributed by atoms with Gasteiger partial charge in [-0.25, -0.2) is 4.98 Å². The van der Waals surface area contributed by atoms with Crippen molar-refractivity contribution >= 4 is 67.9 Å². The number of anilines is 1. The topological polar surface area (TPSA) is 45.7 Å². The van der Waals surface area contributed by atoms with Crippen molar-refractivity contribution in [3.63, 3.8) is 0 Å². The van der Waals surface area contributed by atoms with Gasteiger partial charge in [0, 0.05) is 18.0 Å². The Hall–Kier alpha value is -1.38. The molecule has 0 atom stereocenters. The number of amides is 1. The highest BCUT2D eigenvalue weighted by Gasteiger charge is 2.22. The van der Waals surface area contributed by atoms with E-state index in [0.29, 0.717) is 22.4 Å². The maximum absolute atomic E-state index is 13.1. The zero-order chi connectivity index (χ0) is 19.6. The second-order valence-electron chi connectivity index (χ2n) is 6.49. The number of aromatic nitrogens is 1. The average Bonchev–Trinajstić information content (AvgIpc) is 3.22. The molecule has 0 N–H and O–H groups in total. The fourth-order valence-corrected chi connectivity index (χ4v) is 4.87. The van der Waals surface area contributed by atoms with Crippen LogP contribution in [0.5, 0.6) is 5.75 Å². The highest BCUT2D eigenvalue weighted by Crippen LogP contribution is 2.36. The molecule has 2 aromatic heterocycles. The zero-order valence-electron chi connectivity index (χ0n) is 16.2. The van der Waals surface area contributed by atoms with Crippen LogP contribution in [0.25, 0.3) is 10.2 Å². The van der Waals surface area contributed by atoms with E-state index in [9.17, 15) is 4.79 Å². The number of rotatable bonds is 7. The number of fused-ring (bicyclic) bond motifs is 1. The first-order valence-electron chi connectivity index (χ1n) is 8.52. The van der Waals surface area contributed by atoms with Crippen molar-refractivity contribution in [2.75, 3.05) is 39.2 Å². The van der Waals surface area contributed by atoms with E-state index in [1.54, 1.807) is 12.0 Å². The van der Waals surface area contributed by atoms with Gasteiger partial charge in [0.15, 0.2) is 5.13 Å². The third-order valence-corrected chi connectivity index (χ3v) is 6.61. The molecule has 0 radical (unpaired) electrons. The normalized spacial score (nSPS) is 10.9. The molecule has 1 amide bonds. The van der Waals surface area contributed by atoms with E-state index in [2.05, 4.69) is 4.90 Å². The predicted octanol–water partition coefficient (Wildman–Crippen LogP) is 4.89. The number of ether oxygens (including phenoxy) is 1. The molecule has 152 valence electrons. The molecule has 1 aromatic carbocycles. The summed E-state index contributed by atoms with van der Waals surface area (Å²) < 4.78 is 7.19. The molecule has 3 rings (SSSR count). The molecule has 0 fully saturated rings. The number of likely N-dealkylation sites (N-methyl/N-ethyl adjacent to an activating group) is 1. The molecule has 3 aromatic rings. The highest BCUT2D eigenvalue weighted by molar-refractivity contribution is 7.22. The summed E-state index contributed by atoms with van der Waals surface area (Å²) in [5.74, 6) is 0.745. The number of hydrogen-bond donors (Lipinski definition) is 0. The lowest BCUT2D eigenvalue weighted by Gasteiger charge is -2.21. The number of thiophene rings is 1. The Bertz CT molecular complexity index is 956. The van der Waals surface area contributed by atoms with Crippen LogP contribution in [0.1, 0.15) is 10.4 Å². The van der Waals surface area contributed by atoms with Gasteiger partial charge in [-0.05, 0) is 44.8 Å². The molecule has 0 aliphatic carbocycles. The van der Waals surface area contributed by atoms with Crippen LogP contribution in [0.15, 0.2) is 24.3 Å². The predicted molar refractivity (Wildman–Crippen MR) is 122 cm³/mol. The van der Waals surface area contributed by atoms with E-state index < -0.39 is 0 Å². The van der Waals surface area contributed by atoms with Gasteiger partial charge < -0.3 is 9.64 Å². The van der Waals surface area contributed by atoms with Gasteiger partial charge in [-0.2, -0.15) is 0 Å². The van der Waals surface area contributed by atoms with E-state index in [-0.39, 0.29) is 18.3 Å². The Morgan fingerprint density at radius 2 is 1.93 bits per heavy atom. The maximum atomic E-state index is 13.1. The van der Waals surface area contributed by atoms with Crippen molar-refractivity contribution in [3.05, 3.63) is 39.0 Å². The molecule has 5 nitrogen and oxygen atoms in total. The fraction of sp³-hybridized carbons (Fsp3) is 0.368. The van der Waals surface area contributed by atoms with Crippen molar-refractivity contribution in [2.24, 2.45) is 0 Å². The van der Waals surface area contributed by atoms with Gasteiger partial charge in [-0.1, -0.05) is 29.0 Å². The minimum Gasteiger partial charge on any atom is -0.494 e. The van der Waals surface area contributed by atoms with Crippen molar-refractivity contribution in [2.45, 2.75) is 13.3 Å². The second kappa shape index (κ2) is 9.89. The highest BCUT2D eigenvalue weighted by atomic mass is 35.5. The van der Waals surface area contributed by atoms with Crippen LogP contribution in [0.2, 0.25) is 4.34 Å². The first-order chi connectivity index (χ1) is 12.9. The third-order valence-electron chi connectivity index (χ3n) is 4.17. The van der Waals surface area contributed by atoms with E-state index in [1.807, 2.05) is 45.3 Å². The van der Waals surface area contributed by atoms with Gasteiger partial charge >= 0.3 is 0 Å². The zero-order valence-corrected chi connectivity index (χ0v) is 19.4. The second-order valence-corrected chi connectivity index (χ2v) is 9.27. The van der Waals surface area contributed by atoms with E-state index >= 15 is 0 Å². The number of benzene rings is 1. The number of aryl methyl sites for hydroxylation is 1. The molecule has 0 unspecified atom stereocenters. The Labute approximate surface area is 184 Å². The minimum absolute atomic E-state index is 0. The van der Waals surface area contributed by atoms with Crippen LogP contribution in [0.3, 0.4) is 0 Å². The van der Waals surface area contributed by atoms with Crippen LogP contribution in [0, 0.1) is 6.92 Å². The van der Waals surface area contributed by atoms with Gasteiger partial charge in [0.2, 0.25) is 5.91 Å². The van der Waals surface area contributed by atoms with Crippen LogP contribution < -0.4 is 9.64 Å². The molecular weight excluding hydrogens is 437 g/mol. The van der Waals surface area contributed by atoms with Crippen molar-refractivity contribution in [1.82, 2.24) is 9.88 Å². The molecule has 9 heteroatoms. The van der Waals surface area contributed by atoms with Gasteiger partial charge in [-0.15, -0.1) is 23.7 Å².